The van der Waals surface area contributed by atoms with Gasteiger partial charge in [-0.15, -0.1) is 0 Å². The van der Waals surface area contributed by atoms with Crippen molar-refractivity contribution in [3.63, 3.8) is 0 Å². The Morgan fingerprint density at radius 1 is 1.25 bits per heavy atom. The van der Waals surface area contributed by atoms with Gasteiger partial charge in [0.2, 0.25) is 0 Å². The number of rotatable bonds is 6. The molecule has 0 saturated heterocycles. The van der Waals surface area contributed by atoms with Crippen molar-refractivity contribution in [3.05, 3.63) is 47.8 Å². The molecule has 1 heterocycles. The molecular weight excluding hydrogens is 266 g/mol. The Bertz CT molecular complexity index is 540. The SMILES string of the molecule is Cn1nccc1CCC(O)c1ccc(OC(F)F)cc1. The van der Waals surface area contributed by atoms with Gasteiger partial charge in [0.25, 0.3) is 0 Å². The number of nitrogens with zero attached hydrogens (tertiary/aromatic N) is 2. The van der Waals surface area contributed by atoms with Crippen molar-refractivity contribution in [3.8, 4) is 5.75 Å². The quantitative estimate of drug-likeness (QED) is 0.886. The van der Waals surface area contributed by atoms with Crippen LogP contribution in [0.1, 0.15) is 23.8 Å². The molecule has 0 aliphatic rings. The highest BCUT2D eigenvalue weighted by Crippen LogP contribution is 2.22. The van der Waals surface area contributed by atoms with Crippen LogP contribution < -0.4 is 4.74 Å². The van der Waals surface area contributed by atoms with E-state index in [9.17, 15) is 13.9 Å². The van der Waals surface area contributed by atoms with Crippen molar-refractivity contribution in [2.24, 2.45) is 7.05 Å². The first-order chi connectivity index (χ1) is 9.56. The number of halogens is 2. The Labute approximate surface area is 115 Å². The van der Waals surface area contributed by atoms with Gasteiger partial charge in [-0.1, -0.05) is 12.1 Å². The van der Waals surface area contributed by atoms with E-state index in [-0.39, 0.29) is 5.75 Å². The summed E-state index contributed by atoms with van der Waals surface area (Å²) in [5.74, 6) is 0.0857. The first-order valence-corrected chi connectivity index (χ1v) is 6.26. The Morgan fingerprint density at radius 2 is 1.95 bits per heavy atom. The van der Waals surface area contributed by atoms with E-state index in [0.29, 0.717) is 18.4 Å². The van der Waals surface area contributed by atoms with Gasteiger partial charge in [0, 0.05) is 18.9 Å². The lowest BCUT2D eigenvalue weighted by atomic mass is 10.0. The van der Waals surface area contributed by atoms with Gasteiger partial charge in [-0.3, -0.25) is 4.68 Å². The van der Waals surface area contributed by atoms with Crippen LogP contribution in [0.2, 0.25) is 0 Å². The van der Waals surface area contributed by atoms with Gasteiger partial charge < -0.3 is 9.84 Å². The summed E-state index contributed by atoms with van der Waals surface area (Å²) in [7, 11) is 1.85. The van der Waals surface area contributed by atoms with E-state index in [4.69, 9.17) is 0 Å². The second-order valence-corrected chi connectivity index (χ2v) is 4.45. The molecule has 0 bridgehead atoms. The second kappa shape index (κ2) is 6.47. The third-order valence-corrected chi connectivity index (χ3v) is 3.09. The number of hydrogen-bond donors (Lipinski definition) is 1. The zero-order valence-corrected chi connectivity index (χ0v) is 11.0. The lowest BCUT2D eigenvalue weighted by molar-refractivity contribution is -0.0498. The number of ether oxygens (including phenoxy) is 1. The molecule has 4 nitrogen and oxygen atoms in total. The maximum Gasteiger partial charge on any atom is 0.387 e. The molecule has 0 spiro atoms. The van der Waals surface area contributed by atoms with Crippen LogP contribution in [0, 0.1) is 0 Å². The highest BCUT2D eigenvalue weighted by molar-refractivity contribution is 5.28. The number of alkyl halides is 2. The summed E-state index contributed by atoms with van der Waals surface area (Å²) in [6.45, 7) is -2.84. The Morgan fingerprint density at radius 3 is 2.50 bits per heavy atom. The van der Waals surface area contributed by atoms with E-state index in [0.717, 1.165) is 5.69 Å². The average Bonchev–Trinajstić information content (AvgIpc) is 2.82. The van der Waals surface area contributed by atoms with Crippen LogP contribution in [-0.2, 0) is 13.5 Å². The molecule has 0 fully saturated rings. The molecule has 2 aromatic rings. The van der Waals surface area contributed by atoms with Gasteiger partial charge in [0.15, 0.2) is 0 Å². The first kappa shape index (κ1) is 14.5. The highest BCUT2D eigenvalue weighted by atomic mass is 19.3. The van der Waals surface area contributed by atoms with E-state index in [1.807, 2.05) is 13.1 Å². The minimum Gasteiger partial charge on any atom is -0.435 e. The van der Waals surface area contributed by atoms with Gasteiger partial charge in [0.1, 0.15) is 5.75 Å². The van der Waals surface area contributed by atoms with Gasteiger partial charge >= 0.3 is 6.61 Å². The van der Waals surface area contributed by atoms with E-state index in [1.165, 1.54) is 12.1 Å². The number of aliphatic hydroxyl groups excluding tert-OH is 1. The normalized spacial score (nSPS) is 12.7. The number of hydrogen-bond acceptors (Lipinski definition) is 3. The molecule has 0 radical (unpaired) electrons. The Balaban J connectivity index is 1.92. The van der Waals surface area contributed by atoms with Crippen molar-refractivity contribution < 1.29 is 18.6 Å². The molecule has 108 valence electrons. The maximum atomic E-state index is 12.0. The fraction of sp³-hybridized carbons (Fsp3) is 0.357. The van der Waals surface area contributed by atoms with Crippen LogP contribution in [0.4, 0.5) is 8.78 Å². The summed E-state index contributed by atoms with van der Waals surface area (Å²) >= 11 is 0. The molecular formula is C14H16F2N2O2. The zero-order chi connectivity index (χ0) is 14.5. The van der Waals surface area contributed by atoms with Gasteiger partial charge in [-0.2, -0.15) is 13.9 Å². The standard InChI is InChI=1S/C14H16F2N2O2/c1-18-11(8-9-17-18)4-7-13(19)10-2-5-12(6-3-10)20-14(15)16/h2-3,5-6,8-9,13-14,19H,4,7H2,1H3. The molecule has 1 aromatic carbocycles. The molecule has 1 atom stereocenters. The Kier molecular flexibility index (Phi) is 4.68. The number of aliphatic hydroxyl groups is 1. The van der Waals surface area contributed by atoms with Crippen LogP contribution in [0.25, 0.3) is 0 Å². The lowest BCUT2D eigenvalue weighted by Crippen LogP contribution is -2.04. The summed E-state index contributed by atoms with van der Waals surface area (Å²) in [5, 5.41) is 14.1. The fourth-order valence-electron chi connectivity index (χ4n) is 1.97. The summed E-state index contributed by atoms with van der Waals surface area (Å²) in [6, 6.07) is 7.92. The third-order valence-electron chi connectivity index (χ3n) is 3.09. The molecule has 0 amide bonds. The molecule has 1 aromatic heterocycles. The molecule has 0 aliphatic heterocycles. The lowest BCUT2D eigenvalue weighted by Gasteiger charge is -2.12. The first-order valence-electron chi connectivity index (χ1n) is 6.26. The summed E-state index contributed by atoms with van der Waals surface area (Å²) < 4.78 is 30.0. The second-order valence-electron chi connectivity index (χ2n) is 4.45. The van der Waals surface area contributed by atoms with E-state index in [2.05, 4.69) is 9.84 Å². The van der Waals surface area contributed by atoms with Gasteiger partial charge in [0.05, 0.1) is 6.10 Å². The predicted octanol–water partition coefficient (Wildman–Crippen LogP) is 2.69. The van der Waals surface area contributed by atoms with Crippen LogP contribution in [0.3, 0.4) is 0 Å². The summed E-state index contributed by atoms with van der Waals surface area (Å²) in [4.78, 5) is 0. The minimum absolute atomic E-state index is 0.0857. The molecule has 1 N–H and O–H groups in total. The monoisotopic (exact) mass is 282 g/mol. The van der Waals surface area contributed by atoms with Crippen molar-refractivity contribution in [2.75, 3.05) is 0 Å². The zero-order valence-electron chi connectivity index (χ0n) is 11.0. The summed E-state index contributed by atoms with van der Waals surface area (Å²) in [5.41, 5.74) is 1.70. The minimum atomic E-state index is -2.84. The molecule has 6 heteroatoms. The van der Waals surface area contributed by atoms with Crippen LogP contribution in [0.5, 0.6) is 5.75 Å². The fourth-order valence-corrected chi connectivity index (χ4v) is 1.97. The van der Waals surface area contributed by atoms with Crippen LogP contribution in [-0.4, -0.2) is 21.5 Å². The van der Waals surface area contributed by atoms with E-state index < -0.39 is 12.7 Å². The molecule has 20 heavy (non-hydrogen) atoms. The maximum absolute atomic E-state index is 12.0. The number of benzene rings is 1. The van der Waals surface area contributed by atoms with E-state index in [1.54, 1.807) is 23.0 Å². The predicted molar refractivity (Wildman–Crippen MR) is 69.6 cm³/mol. The van der Waals surface area contributed by atoms with Crippen molar-refractivity contribution in [2.45, 2.75) is 25.6 Å². The molecule has 0 aliphatic carbocycles. The van der Waals surface area contributed by atoms with Crippen molar-refractivity contribution in [1.82, 2.24) is 9.78 Å². The van der Waals surface area contributed by atoms with Gasteiger partial charge in [-0.05, 0) is 36.6 Å². The van der Waals surface area contributed by atoms with E-state index >= 15 is 0 Å². The average molecular weight is 282 g/mol. The number of aryl methyl sites for hydroxylation is 2. The third kappa shape index (κ3) is 3.77. The number of aromatic nitrogens is 2. The van der Waals surface area contributed by atoms with Crippen molar-refractivity contribution in [1.29, 1.82) is 0 Å². The summed E-state index contributed by atoms with van der Waals surface area (Å²) in [6.07, 6.45) is 2.28. The molecule has 0 saturated carbocycles. The molecule has 1 unspecified atom stereocenters. The van der Waals surface area contributed by atoms with Crippen molar-refractivity contribution >= 4 is 0 Å². The largest absolute Gasteiger partial charge is 0.435 e. The van der Waals surface area contributed by atoms with Crippen LogP contribution >= 0.6 is 0 Å². The molecule has 2 rings (SSSR count). The van der Waals surface area contributed by atoms with Gasteiger partial charge in [-0.25, -0.2) is 0 Å². The van der Waals surface area contributed by atoms with Crippen LogP contribution in [0.15, 0.2) is 36.5 Å². The smallest absolute Gasteiger partial charge is 0.387 e. The highest BCUT2D eigenvalue weighted by Gasteiger charge is 2.10. The topological polar surface area (TPSA) is 47.3 Å². The Hall–Kier alpha value is -1.95.